The van der Waals surface area contributed by atoms with E-state index in [1.807, 2.05) is 24.3 Å². The number of aromatic nitrogens is 3. The number of nitrogens with one attached hydrogen (secondary N) is 2. The second-order valence-electron chi connectivity index (χ2n) is 8.89. The summed E-state index contributed by atoms with van der Waals surface area (Å²) in [6, 6.07) is 19.2. The number of carbonyl (C=O) groups is 1. The van der Waals surface area contributed by atoms with E-state index in [0.29, 0.717) is 23.9 Å². The van der Waals surface area contributed by atoms with Crippen molar-refractivity contribution in [2.45, 2.75) is 24.9 Å². The fourth-order valence-corrected chi connectivity index (χ4v) is 4.59. The molecule has 3 aromatic carbocycles. The average molecular weight is 518 g/mol. The predicted molar refractivity (Wildman–Crippen MR) is 140 cm³/mol. The zero-order valence-corrected chi connectivity index (χ0v) is 21.3. The number of carbonyl (C=O) groups excluding carboxylic acids is 1. The Morgan fingerprint density at radius 2 is 1.68 bits per heavy atom. The molecule has 196 valence electrons. The van der Waals surface area contributed by atoms with Crippen molar-refractivity contribution in [2.24, 2.45) is 0 Å². The molecule has 0 aliphatic carbocycles. The highest BCUT2D eigenvalue weighted by atomic mass is 19.1. The van der Waals surface area contributed by atoms with E-state index in [1.54, 1.807) is 56.3 Å². The van der Waals surface area contributed by atoms with Crippen molar-refractivity contribution in [3.63, 3.8) is 0 Å². The Hall–Kier alpha value is -4.60. The van der Waals surface area contributed by atoms with Crippen LogP contribution >= 0.6 is 0 Å². The van der Waals surface area contributed by atoms with E-state index < -0.39 is 0 Å². The van der Waals surface area contributed by atoms with Crippen LogP contribution in [0.25, 0.3) is 0 Å². The summed E-state index contributed by atoms with van der Waals surface area (Å²) in [4.78, 5) is 17.4. The van der Waals surface area contributed by atoms with Crippen LogP contribution in [0.15, 0.2) is 66.7 Å². The third kappa shape index (κ3) is 5.24. The molecule has 0 saturated heterocycles. The summed E-state index contributed by atoms with van der Waals surface area (Å²) >= 11 is 0. The molecule has 1 aliphatic heterocycles. The lowest BCUT2D eigenvalue weighted by Crippen LogP contribution is -2.28. The molecule has 1 aliphatic rings. The first kappa shape index (κ1) is 25.1. The van der Waals surface area contributed by atoms with Crippen LogP contribution in [0.5, 0.6) is 17.2 Å². The van der Waals surface area contributed by atoms with E-state index in [4.69, 9.17) is 14.2 Å². The Labute approximate surface area is 219 Å². The molecule has 10 heteroatoms. The Balaban J connectivity index is 1.39. The fraction of sp³-hybridized carbons (Fsp3) is 0.250. The van der Waals surface area contributed by atoms with Crippen LogP contribution in [0.3, 0.4) is 0 Å². The van der Waals surface area contributed by atoms with Gasteiger partial charge in [0.05, 0.1) is 39.8 Å². The summed E-state index contributed by atoms with van der Waals surface area (Å²) in [5, 5.41) is 10.8. The van der Waals surface area contributed by atoms with Crippen molar-refractivity contribution in [1.29, 1.82) is 0 Å². The van der Waals surface area contributed by atoms with E-state index in [-0.39, 0.29) is 36.2 Å². The Bertz CT molecular complexity index is 1420. The highest BCUT2D eigenvalue weighted by molar-refractivity contribution is 5.90. The highest BCUT2D eigenvalue weighted by Gasteiger charge is 2.31. The second kappa shape index (κ2) is 10.8. The van der Waals surface area contributed by atoms with E-state index in [0.717, 1.165) is 22.4 Å². The summed E-state index contributed by atoms with van der Waals surface area (Å²) in [7, 11) is 4.73. The SMILES string of the molecule is COc1ccc([C@@H]2C[C@@H](c3ccc(F)cc3)n3nc(NC(=O)Cc4ccc(OC)c(OC)c4)nc3N2)cc1. The van der Waals surface area contributed by atoms with Gasteiger partial charge in [0.15, 0.2) is 11.5 Å². The normalized spacial score (nSPS) is 16.2. The summed E-state index contributed by atoms with van der Waals surface area (Å²) in [5.74, 6) is 2.01. The third-order valence-electron chi connectivity index (χ3n) is 6.53. The Morgan fingerprint density at radius 1 is 0.974 bits per heavy atom. The molecule has 38 heavy (non-hydrogen) atoms. The number of hydrogen-bond acceptors (Lipinski definition) is 7. The summed E-state index contributed by atoms with van der Waals surface area (Å²) in [6.45, 7) is 0. The van der Waals surface area contributed by atoms with Gasteiger partial charge in [-0.25, -0.2) is 9.07 Å². The predicted octanol–water partition coefficient (Wildman–Crippen LogP) is 4.77. The largest absolute Gasteiger partial charge is 0.497 e. The monoisotopic (exact) mass is 517 g/mol. The standard InChI is InChI=1S/C28H28FN5O4/c1-36-21-11-7-18(8-12-21)22-16-23(19-5-9-20(29)10-6-19)34-28(30-22)32-27(33-34)31-26(35)15-17-4-13-24(37-2)25(14-17)38-3/h4-14,22-23H,15-16H2,1-3H3,(H2,30,31,32,33,35)/t22-,23-/m0/s1. The zero-order chi connectivity index (χ0) is 26.6. The van der Waals surface area contributed by atoms with Crippen LogP contribution in [0.4, 0.5) is 16.3 Å². The number of rotatable bonds is 8. The van der Waals surface area contributed by atoms with Gasteiger partial charge in [0.25, 0.3) is 5.95 Å². The number of hydrogen-bond donors (Lipinski definition) is 2. The maximum atomic E-state index is 13.7. The van der Waals surface area contributed by atoms with Crippen molar-refractivity contribution in [3.05, 3.63) is 89.2 Å². The number of benzene rings is 3. The van der Waals surface area contributed by atoms with E-state index in [1.165, 1.54) is 12.1 Å². The molecule has 4 aromatic rings. The van der Waals surface area contributed by atoms with Crippen LogP contribution in [-0.2, 0) is 11.2 Å². The molecule has 9 nitrogen and oxygen atoms in total. The quantitative estimate of drug-likeness (QED) is 0.347. The number of ether oxygens (including phenoxy) is 3. The van der Waals surface area contributed by atoms with E-state index in [9.17, 15) is 9.18 Å². The van der Waals surface area contributed by atoms with Gasteiger partial charge in [0.1, 0.15) is 11.6 Å². The molecule has 0 saturated carbocycles. The van der Waals surface area contributed by atoms with Crippen LogP contribution < -0.4 is 24.8 Å². The minimum atomic E-state index is -0.309. The Morgan fingerprint density at radius 3 is 2.37 bits per heavy atom. The van der Waals surface area contributed by atoms with Crippen LogP contribution in [0.2, 0.25) is 0 Å². The minimum Gasteiger partial charge on any atom is -0.497 e. The maximum Gasteiger partial charge on any atom is 0.250 e. The molecule has 2 heterocycles. The van der Waals surface area contributed by atoms with Crippen molar-refractivity contribution in [1.82, 2.24) is 14.8 Å². The number of nitrogens with zero attached hydrogens (tertiary/aromatic N) is 3. The minimum absolute atomic E-state index is 0.0806. The van der Waals surface area contributed by atoms with Crippen molar-refractivity contribution in [3.8, 4) is 17.2 Å². The van der Waals surface area contributed by atoms with E-state index >= 15 is 0 Å². The molecule has 1 aromatic heterocycles. The number of anilines is 2. The molecule has 2 atom stereocenters. The van der Waals surface area contributed by atoms with Gasteiger partial charge >= 0.3 is 0 Å². The van der Waals surface area contributed by atoms with E-state index in [2.05, 4.69) is 20.7 Å². The van der Waals surface area contributed by atoms with Crippen molar-refractivity contribution in [2.75, 3.05) is 32.0 Å². The lowest BCUT2D eigenvalue weighted by molar-refractivity contribution is -0.115. The second-order valence-corrected chi connectivity index (χ2v) is 8.89. The number of amides is 1. The molecule has 0 fully saturated rings. The first-order chi connectivity index (χ1) is 18.5. The lowest BCUT2D eigenvalue weighted by atomic mass is 9.93. The molecule has 2 N–H and O–H groups in total. The number of halogens is 1. The van der Waals surface area contributed by atoms with Gasteiger partial charge in [-0.15, -0.1) is 5.10 Å². The smallest absolute Gasteiger partial charge is 0.250 e. The maximum absolute atomic E-state index is 13.7. The van der Waals surface area contributed by atoms with Crippen molar-refractivity contribution >= 4 is 17.8 Å². The van der Waals surface area contributed by atoms with Gasteiger partial charge in [-0.2, -0.15) is 4.98 Å². The average Bonchev–Trinajstić information content (AvgIpc) is 3.35. The van der Waals surface area contributed by atoms with Gasteiger partial charge in [0, 0.05) is 0 Å². The number of fused-ring (bicyclic) bond motifs is 1. The molecule has 5 rings (SSSR count). The summed E-state index contributed by atoms with van der Waals surface area (Å²) < 4.78 is 31.3. The molecular weight excluding hydrogens is 489 g/mol. The van der Waals surface area contributed by atoms with Crippen LogP contribution in [0, 0.1) is 5.82 Å². The van der Waals surface area contributed by atoms with Gasteiger partial charge in [-0.3, -0.25) is 10.1 Å². The first-order valence-electron chi connectivity index (χ1n) is 12.1. The molecule has 0 bridgehead atoms. The molecule has 0 unspecified atom stereocenters. The Kier molecular flexibility index (Phi) is 7.12. The molecule has 0 spiro atoms. The van der Waals surface area contributed by atoms with Gasteiger partial charge in [-0.05, 0) is 59.5 Å². The zero-order valence-electron chi connectivity index (χ0n) is 21.3. The van der Waals surface area contributed by atoms with Crippen LogP contribution in [-0.4, -0.2) is 42.0 Å². The third-order valence-corrected chi connectivity index (χ3v) is 6.53. The van der Waals surface area contributed by atoms with Gasteiger partial charge in [-0.1, -0.05) is 30.3 Å². The lowest BCUT2D eigenvalue weighted by Gasteiger charge is -2.31. The van der Waals surface area contributed by atoms with Crippen molar-refractivity contribution < 1.29 is 23.4 Å². The van der Waals surface area contributed by atoms with Gasteiger partial charge in [0.2, 0.25) is 11.9 Å². The summed E-state index contributed by atoms with van der Waals surface area (Å²) in [5.41, 5.74) is 2.69. The highest BCUT2D eigenvalue weighted by Crippen LogP contribution is 2.38. The topological polar surface area (TPSA) is 99.5 Å². The number of methoxy groups -OCH3 is 3. The van der Waals surface area contributed by atoms with Crippen LogP contribution in [0.1, 0.15) is 35.2 Å². The summed E-state index contributed by atoms with van der Waals surface area (Å²) in [6.07, 6.45) is 0.751. The fourth-order valence-electron chi connectivity index (χ4n) is 4.59. The van der Waals surface area contributed by atoms with Gasteiger partial charge < -0.3 is 19.5 Å². The first-order valence-corrected chi connectivity index (χ1v) is 12.1. The molecule has 1 amide bonds. The molecular formula is C28H28FN5O4. The molecule has 0 radical (unpaired) electrons.